The summed E-state index contributed by atoms with van der Waals surface area (Å²) in [5, 5.41) is 4.34. The lowest BCUT2D eigenvalue weighted by Crippen LogP contribution is -2.12. The quantitative estimate of drug-likeness (QED) is 0.747. The highest BCUT2D eigenvalue weighted by molar-refractivity contribution is 7.18. The van der Waals surface area contributed by atoms with E-state index in [-0.39, 0.29) is 0 Å². The number of para-hydroxylation sites is 2. The summed E-state index contributed by atoms with van der Waals surface area (Å²) in [5.41, 5.74) is 2.22. The summed E-state index contributed by atoms with van der Waals surface area (Å²) in [5.74, 6) is 0.928. The Labute approximate surface area is 128 Å². The molecule has 0 aliphatic heterocycles. The van der Waals surface area contributed by atoms with Gasteiger partial charge in [0.1, 0.15) is 17.4 Å². The van der Waals surface area contributed by atoms with Gasteiger partial charge in [-0.25, -0.2) is 4.98 Å². The summed E-state index contributed by atoms with van der Waals surface area (Å²) in [6.45, 7) is 4.39. The zero-order valence-electron chi connectivity index (χ0n) is 12.0. The van der Waals surface area contributed by atoms with Crippen LogP contribution in [-0.4, -0.2) is 11.5 Å². The number of nitrogens with one attached hydrogen (secondary N) is 1. The number of aromatic nitrogens is 1. The Hall–Kier alpha value is -1.91. The van der Waals surface area contributed by atoms with E-state index in [1.807, 2.05) is 36.4 Å². The van der Waals surface area contributed by atoms with Gasteiger partial charge in [0.25, 0.3) is 0 Å². The minimum absolute atomic E-state index is 0.516. The van der Waals surface area contributed by atoms with Gasteiger partial charge in [0, 0.05) is 12.1 Å². The van der Waals surface area contributed by atoms with E-state index >= 15 is 0 Å². The van der Waals surface area contributed by atoms with Crippen molar-refractivity contribution in [1.29, 1.82) is 0 Å². The summed E-state index contributed by atoms with van der Waals surface area (Å²) in [7, 11) is 0. The molecule has 2 aromatic carbocycles. The van der Waals surface area contributed by atoms with Gasteiger partial charge in [0.2, 0.25) is 0 Å². The maximum absolute atomic E-state index is 5.96. The molecule has 21 heavy (non-hydrogen) atoms. The van der Waals surface area contributed by atoms with Crippen LogP contribution in [0.1, 0.15) is 17.5 Å². The number of ether oxygens (including phenoxy) is 1. The summed E-state index contributed by atoms with van der Waals surface area (Å²) in [6.07, 6.45) is 0. The molecule has 0 radical (unpaired) electrons. The molecule has 0 amide bonds. The largest absolute Gasteiger partial charge is 0.486 e. The predicted molar refractivity (Wildman–Crippen MR) is 87.8 cm³/mol. The second kappa shape index (κ2) is 6.70. The van der Waals surface area contributed by atoms with E-state index < -0.39 is 0 Å². The fourth-order valence-corrected chi connectivity index (χ4v) is 3.05. The third kappa shape index (κ3) is 3.40. The molecule has 0 saturated carbocycles. The minimum atomic E-state index is 0.516. The second-order valence-electron chi connectivity index (χ2n) is 4.75. The Morgan fingerprint density at radius 3 is 2.76 bits per heavy atom. The highest BCUT2D eigenvalue weighted by Crippen LogP contribution is 2.24. The van der Waals surface area contributed by atoms with E-state index in [0.29, 0.717) is 6.61 Å². The van der Waals surface area contributed by atoms with Crippen molar-refractivity contribution in [2.24, 2.45) is 0 Å². The molecule has 3 rings (SSSR count). The molecule has 0 spiro atoms. The average Bonchev–Trinajstić information content (AvgIpc) is 2.94. The van der Waals surface area contributed by atoms with Crippen LogP contribution in [0, 0.1) is 0 Å². The van der Waals surface area contributed by atoms with Crippen molar-refractivity contribution in [2.45, 2.75) is 20.1 Å². The Kier molecular flexibility index (Phi) is 4.48. The van der Waals surface area contributed by atoms with E-state index in [1.165, 1.54) is 10.3 Å². The number of rotatable bonds is 6. The lowest BCUT2D eigenvalue weighted by molar-refractivity contribution is 0.302. The standard InChI is InChI=1S/C17H18N2OS/c1-2-18-11-13-7-3-5-9-15(13)20-12-17-19-14-8-4-6-10-16(14)21-17/h3-10,18H,2,11-12H2,1H3. The van der Waals surface area contributed by atoms with E-state index in [1.54, 1.807) is 11.3 Å². The van der Waals surface area contributed by atoms with E-state index in [2.05, 4.69) is 29.4 Å². The van der Waals surface area contributed by atoms with Crippen molar-refractivity contribution >= 4 is 21.6 Å². The Balaban J connectivity index is 1.72. The van der Waals surface area contributed by atoms with E-state index in [4.69, 9.17) is 4.74 Å². The summed E-state index contributed by atoms with van der Waals surface area (Å²) in [4.78, 5) is 4.60. The molecule has 0 aliphatic rings. The van der Waals surface area contributed by atoms with Crippen molar-refractivity contribution in [3.8, 4) is 5.75 Å². The van der Waals surface area contributed by atoms with Gasteiger partial charge in [0.15, 0.2) is 0 Å². The lowest BCUT2D eigenvalue weighted by Gasteiger charge is -2.10. The van der Waals surface area contributed by atoms with Crippen molar-refractivity contribution in [2.75, 3.05) is 6.54 Å². The molecule has 0 saturated heterocycles. The number of benzene rings is 2. The maximum atomic E-state index is 5.96. The smallest absolute Gasteiger partial charge is 0.140 e. The molecule has 0 atom stereocenters. The molecule has 108 valence electrons. The Bertz CT molecular complexity index is 690. The molecule has 0 unspecified atom stereocenters. The number of hydrogen-bond donors (Lipinski definition) is 1. The molecular weight excluding hydrogens is 280 g/mol. The highest BCUT2D eigenvalue weighted by atomic mass is 32.1. The fourth-order valence-electron chi connectivity index (χ4n) is 2.17. The zero-order chi connectivity index (χ0) is 14.5. The maximum Gasteiger partial charge on any atom is 0.140 e. The number of hydrogen-bond acceptors (Lipinski definition) is 4. The van der Waals surface area contributed by atoms with Gasteiger partial charge < -0.3 is 10.1 Å². The average molecular weight is 298 g/mol. The molecule has 0 bridgehead atoms. The topological polar surface area (TPSA) is 34.1 Å². The van der Waals surface area contributed by atoms with Gasteiger partial charge in [-0.3, -0.25) is 0 Å². The van der Waals surface area contributed by atoms with Gasteiger partial charge in [-0.1, -0.05) is 37.3 Å². The van der Waals surface area contributed by atoms with Crippen LogP contribution in [0.25, 0.3) is 10.2 Å². The molecule has 0 fully saturated rings. The minimum Gasteiger partial charge on any atom is -0.486 e. The van der Waals surface area contributed by atoms with Crippen molar-refractivity contribution < 1.29 is 4.74 Å². The third-order valence-electron chi connectivity index (χ3n) is 3.23. The van der Waals surface area contributed by atoms with Crippen LogP contribution < -0.4 is 10.1 Å². The first-order chi connectivity index (χ1) is 10.4. The molecule has 3 aromatic rings. The summed E-state index contributed by atoms with van der Waals surface area (Å²) >= 11 is 1.69. The molecule has 4 heteroatoms. The van der Waals surface area contributed by atoms with Crippen LogP contribution in [0.2, 0.25) is 0 Å². The van der Waals surface area contributed by atoms with E-state index in [0.717, 1.165) is 29.4 Å². The predicted octanol–water partition coefficient (Wildman–Crippen LogP) is 3.98. The summed E-state index contributed by atoms with van der Waals surface area (Å²) in [6, 6.07) is 16.3. The zero-order valence-corrected chi connectivity index (χ0v) is 12.8. The molecule has 1 N–H and O–H groups in total. The SMILES string of the molecule is CCNCc1ccccc1OCc1nc2ccccc2s1. The lowest BCUT2D eigenvalue weighted by atomic mass is 10.2. The Morgan fingerprint density at radius 2 is 1.90 bits per heavy atom. The highest BCUT2D eigenvalue weighted by Gasteiger charge is 2.06. The number of fused-ring (bicyclic) bond motifs is 1. The van der Waals surface area contributed by atoms with E-state index in [9.17, 15) is 0 Å². The second-order valence-corrected chi connectivity index (χ2v) is 5.87. The van der Waals surface area contributed by atoms with Gasteiger partial charge in [-0.15, -0.1) is 11.3 Å². The Morgan fingerprint density at radius 1 is 1.10 bits per heavy atom. The first-order valence-electron chi connectivity index (χ1n) is 7.12. The first-order valence-corrected chi connectivity index (χ1v) is 7.94. The van der Waals surface area contributed by atoms with Crippen LogP contribution in [0.5, 0.6) is 5.75 Å². The van der Waals surface area contributed by atoms with Crippen LogP contribution in [0.4, 0.5) is 0 Å². The monoisotopic (exact) mass is 298 g/mol. The number of nitrogens with zero attached hydrogens (tertiary/aromatic N) is 1. The van der Waals surface area contributed by atoms with Crippen LogP contribution in [0.3, 0.4) is 0 Å². The van der Waals surface area contributed by atoms with Crippen molar-refractivity contribution in [3.05, 3.63) is 59.1 Å². The molecule has 1 heterocycles. The summed E-state index contributed by atoms with van der Waals surface area (Å²) < 4.78 is 7.16. The fraction of sp³-hybridized carbons (Fsp3) is 0.235. The van der Waals surface area contributed by atoms with Crippen molar-refractivity contribution in [3.63, 3.8) is 0 Å². The molecule has 1 aromatic heterocycles. The molecule has 3 nitrogen and oxygen atoms in total. The van der Waals surface area contributed by atoms with Crippen LogP contribution in [-0.2, 0) is 13.2 Å². The number of thiazole rings is 1. The van der Waals surface area contributed by atoms with Gasteiger partial charge in [-0.2, -0.15) is 0 Å². The third-order valence-corrected chi connectivity index (χ3v) is 4.24. The molecular formula is C17H18N2OS. The first kappa shape index (κ1) is 14.0. The van der Waals surface area contributed by atoms with Gasteiger partial charge in [-0.05, 0) is 24.7 Å². The van der Waals surface area contributed by atoms with Gasteiger partial charge in [0.05, 0.1) is 10.2 Å². The van der Waals surface area contributed by atoms with Crippen molar-refractivity contribution in [1.82, 2.24) is 10.3 Å². The normalized spacial score (nSPS) is 10.9. The van der Waals surface area contributed by atoms with Crippen LogP contribution in [0.15, 0.2) is 48.5 Å². The van der Waals surface area contributed by atoms with Gasteiger partial charge >= 0.3 is 0 Å². The van der Waals surface area contributed by atoms with Crippen LogP contribution >= 0.6 is 11.3 Å². The molecule has 0 aliphatic carbocycles.